The molecule has 0 aromatic heterocycles. The molecule has 2 rings (SSSR count). The summed E-state index contributed by atoms with van der Waals surface area (Å²) in [6.45, 7) is 4.19. The van der Waals surface area contributed by atoms with Crippen molar-refractivity contribution in [3.8, 4) is 11.5 Å². The predicted molar refractivity (Wildman–Crippen MR) is 81.5 cm³/mol. The van der Waals surface area contributed by atoms with Crippen molar-refractivity contribution in [2.75, 3.05) is 14.2 Å². The summed E-state index contributed by atoms with van der Waals surface area (Å²) in [6.07, 6.45) is 0. The molecular formula is C17H21NO2. The van der Waals surface area contributed by atoms with E-state index in [0.29, 0.717) is 11.5 Å². The number of rotatable bonds is 4. The van der Waals surface area contributed by atoms with E-state index in [9.17, 15) is 0 Å². The molecule has 20 heavy (non-hydrogen) atoms. The summed E-state index contributed by atoms with van der Waals surface area (Å²) in [6, 6.07) is 11.8. The fraction of sp³-hybridized carbons (Fsp3) is 0.294. The highest BCUT2D eigenvalue weighted by atomic mass is 16.5. The van der Waals surface area contributed by atoms with Gasteiger partial charge in [-0.2, -0.15) is 0 Å². The lowest BCUT2D eigenvalue weighted by Gasteiger charge is -2.19. The molecule has 0 spiro atoms. The lowest BCUT2D eigenvalue weighted by Crippen LogP contribution is -2.13. The monoisotopic (exact) mass is 271 g/mol. The van der Waals surface area contributed by atoms with Crippen molar-refractivity contribution in [2.45, 2.75) is 19.9 Å². The number of nitrogens with two attached hydrogens (primary N) is 1. The Morgan fingerprint density at radius 3 is 2.30 bits per heavy atom. The number of benzene rings is 2. The molecule has 0 aliphatic carbocycles. The van der Waals surface area contributed by atoms with E-state index in [0.717, 1.165) is 11.1 Å². The maximum atomic E-state index is 6.40. The quantitative estimate of drug-likeness (QED) is 0.927. The normalized spacial score (nSPS) is 12.1. The summed E-state index contributed by atoms with van der Waals surface area (Å²) in [4.78, 5) is 0. The Kier molecular flexibility index (Phi) is 4.30. The van der Waals surface area contributed by atoms with Crippen LogP contribution in [0.5, 0.6) is 11.5 Å². The molecule has 0 aliphatic rings. The molecule has 0 saturated heterocycles. The van der Waals surface area contributed by atoms with E-state index in [1.807, 2.05) is 18.2 Å². The van der Waals surface area contributed by atoms with Crippen LogP contribution in [0.4, 0.5) is 0 Å². The second kappa shape index (κ2) is 5.97. The van der Waals surface area contributed by atoms with E-state index >= 15 is 0 Å². The third kappa shape index (κ3) is 2.63. The summed E-state index contributed by atoms with van der Waals surface area (Å²) in [7, 11) is 3.26. The largest absolute Gasteiger partial charge is 0.493 e. The van der Waals surface area contributed by atoms with Gasteiger partial charge in [0.2, 0.25) is 0 Å². The van der Waals surface area contributed by atoms with Crippen LogP contribution in [0.3, 0.4) is 0 Å². The van der Waals surface area contributed by atoms with Crippen molar-refractivity contribution < 1.29 is 9.47 Å². The summed E-state index contributed by atoms with van der Waals surface area (Å²) in [5, 5.41) is 0. The lowest BCUT2D eigenvalue weighted by atomic mass is 9.95. The van der Waals surface area contributed by atoms with Crippen LogP contribution in [0.25, 0.3) is 0 Å². The molecule has 2 aromatic rings. The van der Waals surface area contributed by atoms with Gasteiger partial charge in [0.15, 0.2) is 11.5 Å². The molecule has 106 valence electrons. The van der Waals surface area contributed by atoms with Gasteiger partial charge >= 0.3 is 0 Å². The van der Waals surface area contributed by atoms with Crippen LogP contribution in [-0.4, -0.2) is 14.2 Å². The fourth-order valence-corrected chi connectivity index (χ4v) is 2.29. The third-order valence-electron chi connectivity index (χ3n) is 3.66. The third-order valence-corrected chi connectivity index (χ3v) is 3.66. The Morgan fingerprint density at radius 1 is 0.950 bits per heavy atom. The highest BCUT2D eigenvalue weighted by molar-refractivity contribution is 5.51. The SMILES string of the molecule is COc1cccc(C(N)c2ccc(C)c(C)c2)c1OC. The van der Waals surface area contributed by atoms with E-state index in [1.165, 1.54) is 11.1 Å². The highest BCUT2D eigenvalue weighted by Crippen LogP contribution is 2.36. The van der Waals surface area contributed by atoms with Crippen LogP contribution in [-0.2, 0) is 0 Å². The Balaban J connectivity index is 2.47. The molecule has 0 amide bonds. The maximum Gasteiger partial charge on any atom is 0.165 e. The molecule has 0 aliphatic heterocycles. The van der Waals surface area contributed by atoms with E-state index in [-0.39, 0.29) is 6.04 Å². The standard InChI is InChI=1S/C17H21NO2/c1-11-8-9-13(10-12(11)2)16(18)14-6-5-7-15(19-3)17(14)20-4/h5-10,16H,18H2,1-4H3. The van der Waals surface area contributed by atoms with Crippen LogP contribution >= 0.6 is 0 Å². The van der Waals surface area contributed by atoms with Gasteiger partial charge in [0.1, 0.15) is 0 Å². The van der Waals surface area contributed by atoms with Gasteiger partial charge in [0.25, 0.3) is 0 Å². The zero-order valence-electron chi connectivity index (χ0n) is 12.4. The molecule has 0 heterocycles. The number of methoxy groups -OCH3 is 2. The van der Waals surface area contributed by atoms with Crippen molar-refractivity contribution in [1.29, 1.82) is 0 Å². The molecular weight excluding hydrogens is 250 g/mol. The van der Waals surface area contributed by atoms with Gasteiger partial charge in [-0.15, -0.1) is 0 Å². The summed E-state index contributed by atoms with van der Waals surface area (Å²) in [5.74, 6) is 1.39. The molecule has 0 saturated carbocycles. The minimum Gasteiger partial charge on any atom is -0.493 e. The van der Waals surface area contributed by atoms with E-state index in [2.05, 4.69) is 32.0 Å². The maximum absolute atomic E-state index is 6.40. The zero-order chi connectivity index (χ0) is 14.7. The van der Waals surface area contributed by atoms with Crippen molar-refractivity contribution in [1.82, 2.24) is 0 Å². The van der Waals surface area contributed by atoms with Crippen LogP contribution in [0, 0.1) is 13.8 Å². The van der Waals surface area contributed by atoms with E-state index in [4.69, 9.17) is 15.2 Å². The molecule has 2 aromatic carbocycles. The van der Waals surface area contributed by atoms with Crippen LogP contribution in [0.1, 0.15) is 28.3 Å². The Labute approximate surface area is 120 Å². The van der Waals surface area contributed by atoms with Crippen molar-refractivity contribution >= 4 is 0 Å². The van der Waals surface area contributed by atoms with Crippen LogP contribution in [0.2, 0.25) is 0 Å². The van der Waals surface area contributed by atoms with Crippen molar-refractivity contribution in [2.24, 2.45) is 5.73 Å². The summed E-state index contributed by atoms with van der Waals surface area (Å²) >= 11 is 0. The lowest BCUT2D eigenvalue weighted by molar-refractivity contribution is 0.350. The first kappa shape index (κ1) is 14.4. The van der Waals surface area contributed by atoms with E-state index < -0.39 is 0 Å². The molecule has 0 bridgehead atoms. The van der Waals surface area contributed by atoms with Gasteiger partial charge in [-0.25, -0.2) is 0 Å². The van der Waals surface area contributed by atoms with Crippen LogP contribution in [0.15, 0.2) is 36.4 Å². The summed E-state index contributed by atoms with van der Waals surface area (Å²) < 4.78 is 10.8. The fourth-order valence-electron chi connectivity index (χ4n) is 2.29. The minimum absolute atomic E-state index is 0.237. The number of hydrogen-bond donors (Lipinski definition) is 1. The van der Waals surface area contributed by atoms with Gasteiger partial charge in [-0.05, 0) is 36.6 Å². The molecule has 2 N–H and O–H groups in total. The second-order valence-corrected chi connectivity index (χ2v) is 4.90. The summed E-state index contributed by atoms with van der Waals surface area (Å²) in [5.41, 5.74) is 10.9. The van der Waals surface area contributed by atoms with Gasteiger partial charge in [-0.3, -0.25) is 0 Å². The molecule has 3 heteroatoms. The molecule has 3 nitrogen and oxygen atoms in total. The van der Waals surface area contributed by atoms with Gasteiger partial charge < -0.3 is 15.2 Å². The Morgan fingerprint density at radius 2 is 1.70 bits per heavy atom. The topological polar surface area (TPSA) is 44.5 Å². The zero-order valence-corrected chi connectivity index (χ0v) is 12.4. The second-order valence-electron chi connectivity index (χ2n) is 4.90. The van der Waals surface area contributed by atoms with Gasteiger partial charge in [-0.1, -0.05) is 30.3 Å². The smallest absolute Gasteiger partial charge is 0.165 e. The van der Waals surface area contributed by atoms with Crippen molar-refractivity contribution in [3.63, 3.8) is 0 Å². The average Bonchev–Trinajstić information content (AvgIpc) is 2.48. The minimum atomic E-state index is -0.237. The predicted octanol–water partition coefficient (Wildman–Crippen LogP) is 3.37. The number of aryl methyl sites for hydroxylation is 2. The Hall–Kier alpha value is -2.00. The van der Waals surface area contributed by atoms with E-state index in [1.54, 1.807) is 14.2 Å². The number of para-hydroxylation sites is 1. The molecule has 1 unspecified atom stereocenters. The highest BCUT2D eigenvalue weighted by Gasteiger charge is 2.17. The van der Waals surface area contributed by atoms with Crippen molar-refractivity contribution in [3.05, 3.63) is 58.7 Å². The first-order chi connectivity index (χ1) is 9.58. The molecule has 0 fully saturated rings. The van der Waals surface area contributed by atoms with Crippen LogP contribution < -0.4 is 15.2 Å². The first-order valence-corrected chi connectivity index (χ1v) is 6.62. The number of ether oxygens (including phenoxy) is 2. The average molecular weight is 271 g/mol. The molecule has 1 atom stereocenters. The number of hydrogen-bond acceptors (Lipinski definition) is 3. The Bertz CT molecular complexity index is 608. The first-order valence-electron chi connectivity index (χ1n) is 6.62. The van der Waals surface area contributed by atoms with Gasteiger partial charge in [0.05, 0.1) is 20.3 Å². The molecule has 0 radical (unpaired) electrons. The van der Waals surface area contributed by atoms with Gasteiger partial charge in [0, 0.05) is 5.56 Å².